The van der Waals surface area contributed by atoms with E-state index < -0.39 is 18.5 Å². The van der Waals surface area contributed by atoms with Gasteiger partial charge >= 0.3 is 5.97 Å². The second-order valence-electron chi connectivity index (χ2n) is 5.80. The molecule has 0 spiro atoms. The molecule has 8 heteroatoms. The van der Waals surface area contributed by atoms with Gasteiger partial charge in [-0.05, 0) is 42.0 Å². The van der Waals surface area contributed by atoms with Gasteiger partial charge in [-0.2, -0.15) is 0 Å². The largest absolute Gasteiger partial charge is 0.452 e. The first kappa shape index (κ1) is 19.7. The lowest BCUT2D eigenvalue weighted by Gasteiger charge is -2.06. The Hall–Kier alpha value is -3.10. The Morgan fingerprint density at radius 3 is 2.71 bits per heavy atom. The van der Waals surface area contributed by atoms with E-state index >= 15 is 0 Å². The molecule has 0 aliphatic rings. The summed E-state index contributed by atoms with van der Waals surface area (Å²) in [6.07, 6.45) is 0. The number of rotatable bonds is 7. The van der Waals surface area contributed by atoms with Gasteiger partial charge in [0.15, 0.2) is 11.7 Å². The molecule has 0 unspecified atom stereocenters. The van der Waals surface area contributed by atoms with Gasteiger partial charge in [0.25, 0.3) is 5.91 Å². The molecule has 1 heterocycles. The fraction of sp³-hybridized carbons (Fsp3) is 0.150. The summed E-state index contributed by atoms with van der Waals surface area (Å²) in [6, 6.07) is 12.7. The summed E-state index contributed by atoms with van der Waals surface area (Å²) in [7, 11) is 1.56. The number of nitrogens with one attached hydrogen (secondary N) is 1. The van der Waals surface area contributed by atoms with Gasteiger partial charge in [-0.3, -0.25) is 10.1 Å². The molecule has 0 saturated heterocycles. The highest BCUT2D eigenvalue weighted by atomic mass is 32.1. The summed E-state index contributed by atoms with van der Waals surface area (Å²) in [5, 5.41) is 4.69. The van der Waals surface area contributed by atoms with Crippen LogP contribution in [0.25, 0.3) is 11.3 Å². The van der Waals surface area contributed by atoms with Crippen LogP contribution in [-0.2, 0) is 20.9 Å². The number of thiazole rings is 1. The Labute approximate surface area is 164 Å². The minimum Gasteiger partial charge on any atom is -0.452 e. The van der Waals surface area contributed by atoms with Crippen molar-refractivity contribution in [3.05, 3.63) is 70.9 Å². The fourth-order valence-electron chi connectivity index (χ4n) is 2.41. The van der Waals surface area contributed by atoms with Crippen molar-refractivity contribution in [3.63, 3.8) is 0 Å². The number of nitrogens with zero attached hydrogens (tertiary/aromatic N) is 1. The third-order valence-corrected chi connectivity index (χ3v) is 4.46. The maximum atomic E-state index is 13.0. The molecule has 2 aromatic carbocycles. The van der Waals surface area contributed by atoms with Gasteiger partial charge in [0, 0.05) is 18.1 Å². The number of amides is 1. The number of aromatic nitrogens is 1. The average molecular weight is 400 g/mol. The average Bonchev–Trinajstić information content (AvgIpc) is 3.15. The van der Waals surface area contributed by atoms with Crippen LogP contribution in [-0.4, -0.2) is 30.6 Å². The Bertz CT molecular complexity index is 972. The molecular formula is C20H17FN2O4S. The minimum absolute atomic E-state index is 0.331. The lowest BCUT2D eigenvalue weighted by atomic mass is 10.1. The normalized spacial score (nSPS) is 10.5. The predicted molar refractivity (Wildman–Crippen MR) is 104 cm³/mol. The summed E-state index contributed by atoms with van der Waals surface area (Å²) in [4.78, 5) is 28.4. The zero-order chi connectivity index (χ0) is 19.9. The molecule has 0 radical (unpaired) electrons. The number of hydrogen-bond donors (Lipinski definition) is 1. The van der Waals surface area contributed by atoms with Gasteiger partial charge in [-0.1, -0.05) is 12.1 Å². The highest BCUT2D eigenvalue weighted by Crippen LogP contribution is 2.25. The van der Waals surface area contributed by atoms with Crippen molar-refractivity contribution >= 4 is 28.3 Å². The maximum absolute atomic E-state index is 13.0. The smallest absolute Gasteiger partial charge is 0.338 e. The van der Waals surface area contributed by atoms with Crippen molar-refractivity contribution in [1.82, 2.24) is 4.98 Å². The number of hydrogen-bond acceptors (Lipinski definition) is 6. The zero-order valence-corrected chi connectivity index (χ0v) is 15.8. The van der Waals surface area contributed by atoms with Gasteiger partial charge in [-0.25, -0.2) is 14.2 Å². The van der Waals surface area contributed by atoms with Crippen LogP contribution in [0.3, 0.4) is 0 Å². The first-order chi connectivity index (χ1) is 13.5. The van der Waals surface area contributed by atoms with Crippen molar-refractivity contribution in [2.24, 2.45) is 0 Å². The third-order valence-electron chi connectivity index (χ3n) is 3.70. The van der Waals surface area contributed by atoms with Crippen molar-refractivity contribution < 1.29 is 23.5 Å². The van der Waals surface area contributed by atoms with Crippen LogP contribution in [0, 0.1) is 5.82 Å². The van der Waals surface area contributed by atoms with E-state index in [9.17, 15) is 14.0 Å². The first-order valence-corrected chi connectivity index (χ1v) is 9.19. The van der Waals surface area contributed by atoms with Gasteiger partial charge < -0.3 is 9.47 Å². The zero-order valence-electron chi connectivity index (χ0n) is 15.0. The molecule has 0 aliphatic heterocycles. The van der Waals surface area contributed by atoms with Crippen LogP contribution in [0.4, 0.5) is 9.52 Å². The molecule has 0 bridgehead atoms. The molecule has 144 valence electrons. The van der Waals surface area contributed by atoms with E-state index in [0.717, 1.165) is 11.1 Å². The number of carbonyl (C=O) groups excluding carboxylic acids is 2. The predicted octanol–water partition coefficient (Wildman–Crippen LogP) is 3.89. The molecule has 3 rings (SSSR count). The van der Waals surface area contributed by atoms with Gasteiger partial charge in [0.2, 0.25) is 0 Å². The van der Waals surface area contributed by atoms with Gasteiger partial charge in [-0.15, -0.1) is 11.3 Å². The van der Waals surface area contributed by atoms with Crippen LogP contribution >= 0.6 is 11.3 Å². The number of halogens is 1. The van der Waals surface area contributed by atoms with E-state index in [2.05, 4.69) is 10.3 Å². The van der Waals surface area contributed by atoms with E-state index in [1.165, 1.54) is 23.5 Å². The van der Waals surface area contributed by atoms with Crippen molar-refractivity contribution in [1.29, 1.82) is 0 Å². The molecule has 6 nitrogen and oxygen atoms in total. The van der Waals surface area contributed by atoms with Crippen molar-refractivity contribution in [3.8, 4) is 11.3 Å². The molecule has 1 aromatic heterocycles. The number of carbonyl (C=O) groups is 2. The Balaban J connectivity index is 1.54. The van der Waals surface area contributed by atoms with E-state index in [4.69, 9.17) is 9.47 Å². The van der Waals surface area contributed by atoms with Crippen LogP contribution in [0.5, 0.6) is 0 Å². The number of ether oxygens (including phenoxy) is 2. The van der Waals surface area contributed by atoms with Crippen LogP contribution in [0.2, 0.25) is 0 Å². The summed E-state index contributed by atoms with van der Waals surface area (Å²) in [6.45, 7) is -0.0547. The van der Waals surface area contributed by atoms with E-state index in [1.54, 1.807) is 42.8 Å². The van der Waals surface area contributed by atoms with Crippen LogP contribution in [0.15, 0.2) is 53.9 Å². The molecule has 1 amide bonds. The van der Waals surface area contributed by atoms with Crippen molar-refractivity contribution in [2.75, 3.05) is 19.0 Å². The van der Waals surface area contributed by atoms with Crippen LogP contribution < -0.4 is 5.32 Å². The topological polar surface area (TPSA) is 77.5 Å². The Morgan fingerprint density at radius 2 is 1.96 bits per heavy atom. The Kier molecular flexibility index (Phi) is 6.46. The molecule has 3 aromatic rings. The number of esters is 1. The second kappa shape index (κ2) is 9.20. The van der Waals surface area contributed by atoms with E-state index in [0.29, 0.717) is 23.0 Å². The number of methoxy groups -OCH3 is 1. The first-order valence-electron chi connectivity index (χ1n) is 8.31. The molecule has 0 saturated carbocycles. The summed E-state index contributed by atoms with van der Waals surface area (Å²) < 4.78 is 23.1. The second-order valence-corrected chi connectivity index (χ2v) is 6.66. The van der Waals surface area contributed by atoms with Crippen LogP contribution in [0.1, 0.15) is 15.9 Å². The maximum Gasteiger partial charge on any atom is 0.338 e. The molecule has 0 aliphatic carbocycles. The summed E-state index contributed by atoms with van der Waals surface area (Å²) >= 11 is 1.22. The lowest BCUT2D eigenvalue weighted by molar-refractivity contribution is -0.119. The third kappa shape index (κ3) is 5.21. The summed E-state index contributed by atoms with van der Waals surface area (Å²) in [5.74, 6) is -1.43. The minimum atomic E-state index is -0.598. The van der Waals surface area contributed by atoms with E-state index in [-0.39, 0.29) is 5.82 Å². The standard InChI is InChI=1S/C20H17FN2O4S/c1-26-10-13-3-2-4-15(9-13)19(25)27-11-18(24)23-20-22-17(12-28-20)14-5-7-16(21)8-6-14/h2-9,12H,10-11H2,1H3,(H,22,23,24). The monoisotopic (exact) mass is 400 g/mol. The molecule has 1 N–H and O–H groups in total. The highest BCUT2D eigenvalue weighted by molar-refractivity contribution is 7.14. The number of anilines is 1. The number of benzene rings is 2. The SMILES string of the molecule is COCc1cccc(C(=O)OCC(=O)Nc2nc(-c3ccc(F)cc3)cs2)c1. The molecule has 0 atom stereocenters. The van der Waals surface area contributed by atoms with E-state index in [1.807, 2.05) is 6.07 Å². The Morgan fingerprint density at radius 1 is 1.18 bits per heavy atom. The molecule has 28 heavy (non-hydrogen) atoms. The fourth-order valence-corrected chi connectivity index (χ4v) is 3.14. The highest BCUT2D eigenvalue weighted by Gasteiger charge is 2.13. The quantitative estimate of drug-likeness (QED) is 0.609. The van der Waals surface area contributed by atoms with Gasteiger partial charge in [0.05, 0.1) is 17.9 Å². The van der Waals surface area contributed by atoms with Crippen molar-refractivity contribution in [2.45, 2.75) is 6.61 Å². The molecular weight excluding hydrogens is 383 g/mol. The molecule has 0 fully saturated rings. The van der Waals surface area contributed by atoms with Gasteiger partial charge in [0.1, 0.15) is 5.82 Å². The lowest BCUT2D eigenvalue weighted by Crippen LogP contribution is -2.20. The summed E-state index contributed by atoms with van der Waals surface area (Å²) in [5.41, 5.74) is 2.53.